The lowest BCUT2D eigenvalue weighted by Crippen LogP contribution is -2.63. The van der Waals surface area contributed by atoms with Gasteiger partial charge < -0.3 is 20.1 Å². The van der Waals surface area contributed by atoms with Gasteiger partial charge >= 0.3 is 24.2 Å². The van der Waals surface area contributed by atoms with E-state index >= 15 is 0 Å². The van der Waals surface area contributed by atoms with E-state index in [1.165, 1.54) is 23.8 Å². The van der Waals surface area contributed by atoms with Crippen LogP contribution in [0, 0.1) is 68.0 Å². The van der Waals surface area contributed by atoms with Crippen LogP contribution >= 0.6 is 0 Å². The third-order valence-electron chi connectivity index (χ3n) is 18.4. The Morgan fingerprint density at radius 1 is 0.662 bits per heavy atom. The largest absolute Gasteiger partial charge is 0.490 e. The molecule has 6 aliphatic rings. The minimum absolute atomic E-state index is 0. The minimum atomic E-state index is -5.11. The van der Waals surface area contributed by atoms with Gasteiger partial charge in [0.15, 0.2) is 0 Å². The molecule has 1 heterocycles. The van der Waals surface area contributed by atoms with E-state index in [-0.39, 0.29) is 42.8 Å². The van der Waals surface area contributed by atoms with Gasteiger partial charge in [-0.15, -0.1) is 13.2 Å². The van der Waals surface area contributed by atoms with Crippen LogP contribution in [0.25, 0.3) is 0 Å². The molecule has 0 aromatic carbocycles. The fourth-order valence-corrected chi connectivity index (χ4v) is 46.7. The first-order valence-electron chi connectivity index (χ1n) is 24.6. The second-order valence-electron chi connectivity index (χ2n) is 21.8. The molecule has 6 fully saturated rings. The second-order valence-corrected chi connectivity index (χ2v) is 46.6. The highest BCUT2D eigenvalue weighted by atomic mass is 33.5. The molecule has 6 aliphatic carbocycles. The van der Waals surface area contributed by atoms with Gasteiger partial charge in [-0.25, -0.2) is 9.78 Å². The van der Waals surface area contributed by atoms with Crippen molar-refractivity contribution in [2.24, 2.45) is 68.0 Å². The van der Waals surface area contributed by atoms with E-state index in [4.69, 9.17) is 27.1 Å². The van der Waals surface area contributed by atoms with Crippen LogP contribution in [0.2, 0.25) is 0 Å². The number of esters is 1. The molecule has 32 heteroatoms. The van der Waals surface area contributed by atoms with Crippen molar-refractivity contribution in [2.45, 2.75) is 164 Å². The summed E-state index contributed by atoms with van der Waals surface area (Å²) in [6.45, 7) is 23.6. The van der Waals surface area contributed by atoms with Crippen LogP contribution in [-0.4, -0.2) is 85.1 Å². The molecule has 0 radical (unpaired) electrons. The number of aromatic nitrogens is 2. The van der Waals surface area contributed by atoms with Crippen molar-refractivity contribution >= 4 is 170 Å². The standard InChI is InChI=1S/C22H31F3O4.C20H32O3.C5H3F3N2O.CH4.S16/c1-6-19(4)11-15(27)20(5)12(2)7-9-21(10-8-14(26)16(20)21)13(3)17(19)29-18(28)22(23,24)25;1-6-18(4)11-15(22)19(5)12(2)7-9-20(13(3)17(18)23)10-8-14(21)16(19)20;6-5(7,8)4(11)10-2-1-9-3-10;;1-3-5-7-9-11-13-15-16-14-12-10-8-6-4-2/h6,12-13,15-17,27H,1,7-11H2,2-5H3;6,12-13,15-17,22-23H,1,7-11H2,2-5H3;1-3H;1H4;/t12-,13+,15-,16?,17+,19+,20+,21+;12-,13+,15-,16?,17+,18+,19+,20+;;;/m11.../s1. The Hall–Kier alpha value is 0.150. The molecule has 458 valence electrons. The Morgan fingerprint density at radius 3 is 1.40 bits per heavy atom. The van der Waals surface area contributed by atoms with Gasteiger partial charge in [0.25, 0.3) is 0 Å². The molecule has 1 aromatic rings. The van der Waals surface area contributed by atoms with Gasteiger partial charge in [0.2, 0.25) is 0 Å². The van der Waals surface area contributed by atoms with E-state index in [1.807, 2.05) is 26.8 Å². The number of alkyl halides is 6. The van der Waals surface area contributed by atoms with Gasteiger partial charge in [-0.1, -0.05) is 75.0 Å². The van der Waals surface area contributed by atoms with Crippen molar-refractivity contribution in [1.29, 1.82) is 0 Å². The van der Waals surface area contributed by atoms with E-state index < -0.39 is 87.6 Å². The predicted molar refractivity (Wildman–Crippen MR) is 345 cm³/mol. The number of carbonyl (C=O) groups is 4. The van der Waals surface area contributed by atoms with E-state index in [1.54, 1.807) is 120 Å². The normalized spacial score (nSPS) is 36.6. The maximum absolute atomic E-state index is 13.0. The Bertz CT molecular complexity index is 3050. The number of aliphatic hydroxyl groups excluding tert-OH is 3. The van der Waals surface area contributed by atoms with Crippen LogP contribution in [0.3, 0.4) is 0 Å². The SMILES string of the molecule is C.C=C[C@@]1(C)C[C@@H](O)[C@@]2(C)C3C(=O)CC[C@@]3(CC[C@H]2C)[C@@H](C)[C@@H]1O.C=C[C@@]1(C)C[C@@H](O)[C@@]2(C)C3C(=O)CC[C@@]3(CC[C@H]2C)[C@@H](C)[C@@H]1OC(=O)C(F)(F)F.O=C(n1ccnc1)C(F)(F)F.S=S=S=S=S=S=S=S=S=S=S=S=S=S=S=S. The summed E-state index contributed by atoms with van der Waals surface area (Å²) in [5.41, 5.74) is -3.40. The molecule has 3 N–H and O–H groups in total. The summed E-state index contributed by atoms with van der Waals surface area (Å²) >= 11 is 9.46. The number of ketones is 2. The summed E-state index contributed by atoms with van der Waals surface area (Å²) in [4.78, 5) is 51.3. The molecule has 16 atom stereocenters. The van der Waals surface area contributed by atoms with Gasteiger partial charge in [-0.2, -0.15) is 26.3 Å². The summed E-state index contributed by atoms with van der Waals surface area (Å²) in [5, 5.41) is 33.6. The molecule has 1 aromatic heterocycles. The Labute approximate surface area is 515 Å². The number of hydrogen-bond acceptors (Lipinski definition) is 11. The van der Waals surface area contributed by atoms with Crippen LogP contribution in [0.15, 0.2) is 44.0 Å². The first kappa shape index (κ1) is 74.4. The minimum Gasteiger partial charge on any atom is -0.454 e. The fraction of sp³-hybridized carbons (Fsp3) is 0.771. The lowest BCUT2D eigenvalue weighted by Gasteiger charge is -2.61. The van der Waals surface area contributed by atoms with Crippen LogP contribution in [0.5, 0.6) is 0 Å². The maximum Gasteiger partial charge on any atom is 0.490 e. The first-order chi connectivity index (χ1) is 36.8. The Kier molecular flexibility index (Phi) is 29.2. The molecular weight excluding hydrogens is 1360 g/mol. The van der Waals surface area contributed by atoms with E-state index in [9.17, 15) is 60.8 Å². The summed E-state index contributed by atoms with van der Waals surface area (Å²) in [6, 6.07) is 0. The number of nitrogens with zero attached hydrogens (tertiary/aromatic N) is 2. The average Bonchev–Trinajstić information content (AvgIpc) is 4.17. The molecule has 0 amide bonds. The van der Waals surface area contributed by atoms with E-state index in [0.29, 0.717) is 48.4 Å². The third-order valence-corrected chi connectivity index (χ3v) is 47.3. The van der Waals surface area contributed by atoms with Crippen LogP contribution in [0.4, 0.5) is 26.3 Å². The number of hydrogen-bond donors (Lipinski definition) is 3. The number of halogens is 6. The molecule has 7 rings (SSSR count). The zero-order valence-electron chi connectivity index (χ0n) is 44.2. The average molecular weight is 1430 g/mol. The van der Waals surface area contributed by atoms with E-state index in [2.05, 4.69) is 38.9 Å². The quantitative estimate of drug-likeness (QED) is 0.151. The zero-order valence-corrected chi connectivity index (χ0v) is 57.3. The molecule has 0 aliphatic heterocycles. The fourth-order valence-electron chi connectivity index (χ4n) is 13.8. The van der Waals surface area contributed by atoms with Gasteiger partial charge in [-0.3, -0.25) is 19.0 Å². The van der Waals surface area contributed by atoms with E-state index in [0.717, 1.165) is 44.4 Å². The van der Waals surface area contributed by atoms with Crippen molar-refractivity contribution in [1.82, 2.24) is 9.55 Å². The van der Waals surface area contributed by atoms with Gasteiger partial charge in [0.05, 0.1) is 18.3 Å². The number of aliphatic hydroxyl groups is 3. The highest BCUT2D eigenvalue weighted by molar-refractivity contribution is 8.77. The molecular formula is C48H70F6N2O8S16. The second kappa shape index (κ2) is 31.4. The zero-order chi connectivity index (χ0) is 59.6. The van der Waals surface area contributed by atoms with Crippen molar-refractivity contribution in [3.63, 3.8) is 0 Å². The number of imidazole rings is 1. The van der Waals surface area contributed by atoms with Crippen molar-refractivity contribution in [3.8, 4) is 0 Å². The summed E-state index contributed by atoms with van der Waals surface area (Å²) in [6.07, 6.45) is -0.652. The van der Waals surface area contributed by atoms with Crippen molar-refractivity contribution < 1.29 is 65.6 Å². The topological polar surface area (TPSA) is 156 Å². The molecule has 10 nitrogen and oxygen atoms in total. The molecule has 6 saturated carbocycles. The number of ether oxygens (including phenoxy) is 1. The first-order valence-corrected chi connectivity index (χ1v) is 44.6. The lowest BCUT2D eigenvalue weighted by atomic mass is 9.44. The molecule has 0 spiro atoms. The van der Waals surface area contributed by atoms with Crippen LogP contribution in [-0.2, 0) is 166 Å². The molecule has 2 unspecified atom stereocenters. The Balaban J connectivity index is 0.000000295. The smallest absolute Gasteiger partial charge is 0.454 e. The number of carbonyl (C=O) groups excluding carboxylic acids is 4. The summed E-state index contributed by atoms with van der Waals surface area (Å²) in [7, 11) is 23.5. The van der Waals surface area contributed by atoms with Crippen LogP contribution in [0.1, 0.15) is 132 Å². The maximum atomic E-state index is 13.0. The lowest BCUT2D eigenvalue weighted by molar-refractivity contribution is -0.229. The van der Waals surface area contributed by atoms with Gasteiger partial charge in [0, 0.05) is 211 Å². The summed E-state index contributed by atoms with van der Waals surface area (Å²) < 4.78 is 79.4. The third kappa shape index (κ3) is 16.5. The van der Waals surface area contributed by atoms with Crippen molar-refractivity contribution in [2.75, 3.05) is 0 Å². The highest BCUT2D eigenvalue weighted by Gasteiger charge is 2.69. The number of Topliss-reactive ketones (excluding diaryl/α,β-unsaturated/α-hetero) is 2. The number of rotatable bonds is 3. The highest BCUT2D eigenvalue weighted by Crippen LogP contribution is 2.69. The monoisotopic (exact) mass is 1430 g/mol. The molecule has 80 heavy (non-hydrogen) atoms. The van der Waals surface area contributed by atoms with Crippen molar-refractivity contribution in [3.05, 3.63) is 44.0 Å². The molecule has 4 bridgehead atoms. The van der Waals surface area contributed by atoms with Crippen LogP contribution < -0.4 is 0 Å². The van der Waals surface area contributed by atoms with Gasteiger partial charge in [0.1, 0.15) is 24.0 Å². The Morgan fingerprint density at radius 2 is 1.05 bits per heavy atom. The predicted octanol–water partition coefficient (Wildman–Crippen LogP) is 9.48. The molecule has 0 saturated heterocycles. The van der Waals surface area contributed by atoms with Gasteiger partial charge in [-0.05, 0) is 80.0 Å². The summed E-state index contributed by atoms with van der Waals surface area (Å²) in [5.74, 6) is -4.40.